The van der Waals surface area contributed by atoms with E-state index in [4.69, 9.17) is 26.8 Å². The fourth-order valence-corrected chi connectivity index (χ4v) is 3.70. The second-order valence-electron chi connectivity index (χ2n) is 8.04. The molecule has 0 fully saturated rings. The molecule has 40 heavy (non-hydrogen) atoms. The second-order valence-corrected chi connectivity index (χ2v) is 8.48. The number of nitrogens with one attached hydrogen (secondary N) is 1. The molecular formula is C26H19ClN8O5. The first-order valence-electron chi connectivity index (χ1n) is 11.5. The third-order valence-corrected chi connectivity index (χ3v) is 5.73. The predicted molar refractivity (Wildman–Crippen MR) is 144 cm³/mol. The lowest BCUT2D eigenvalue weighted by Gasteiger charge is -2.10. The Balaban J connectivity index is 1.35. The summed E-state index contributed by atoms with van der Waals surface area (Å²) in [6.45, 7) is 0. The van der Waals surface area contributed by atoms with Crippen molar-refractivity contribution in [2.24, 2.45) is 5.10 Å². The number of ether oxygens (including phenoxy) is 2. The first kappa shape index (κ1) is 26.1. The first-order chi connectivity index (χ1) is 19.4. The van der Waals surface area contributed by atoms with E-state index in [1.165, 1.54) is 13.3 Å². The van der Waals surface area contributed by atoms with Gasteiger partial charge < -0.3 is 15.2 Å². The zero-order valence-corrected chi connectivity index (χ0v) is 21.4. The molecule has 0 atom stereocenters. The molecular weight excluding hydrogens is 540 g/mol. The molecule has 200 valence electrons. The number of nitrogens with two attached hydrogens (primary N) is 1. The van der Waals surface area contributed by atoms with Crippen LogP contribution in [0.1, 0.15) is 26.4 Å². The van der Waals surface area contributed by atoms with E-state index in [1.54, 1.807) is 66.7 Å². The van der Waals surface area contributed by atoms with Crippen molar-refractivity contribution in [3.8, 4) is 28.6 Å². The molecule has 14 heteroatoms. The number of amides is 1. The molecule has 0 radical (unpaired) electrons. The molecule has 0 aliphatic carbocycles. The van der Waals surface area contributed by atoms with Crippen molar-refractivity contribution in [2.45, 2.75) is 0 Å². The van der Waals surface area contributed by atoms with E-state index in [2.05, 4.69) is 35.8 Å². The van der Waals surface area contributed by atoms with Crippen LogP contribution in [-0.4, -0.2) is 50.5 Å². The molecule has 2 heterocycles. The summed E-state index contributed by atoms with van der Waals surface area (Å²) in [4.78, 5) is 25.7. The van der Waals surface area contributed by atoms with Crippen molar-refractivity contribution in [3.05, 3.63) is 94.6 Å². The minimum atomic E-state index is -0.650. The normalized spacial score (nSPS) is 10.9. The number of methoxy groups -OCH3 is 1. The van der Waals surface area contributed by atoms with E-state index in [9.17, 15) is 9.59 Å². The van der Waals surface area contributed by atoms with Gasteiger partial charge in [0.25, 0.3) is 5.91 Å². The number of nitrogens with zero attached hydrogens (tertiary/aromatic N) is 6. The number of hydrogen-bond acceptors (Lipinski definition) is 11. The quantitative estimate of drug-likeness (QED) is 0.124. The molecule has 3 aromatic carbocycles. The van der Waals surface area contributed by atoms with Crippen molar-refractivity contribution < 1.29 is 23.7 Å². The molecule has 1 amide bonds. The number of benzene rings is 3. The number of carbonyl (C=O) groups is 2. The number of hydrogen-bond donors (Lipinski definition) is 2. The van der Waals surface area contributed by atoms with Gasteiger partial charge in [-0.25, -0.2) is 14.8 Å². The van der Waals surface area contributed by atoms with Crippen LogP contribution in [0.2, 0.25) is 5.02 Å². The largest absolute Gasteiger partial charge is 0.493 e. The molecule has 13 nitrogen and oxygen atoms in total. The van der Waals surface area contributed by atoms with Crippen molar-refractivity contribution in [1.29, 1.82) is 0 Å². The zero-order valence-electron chi connectivity index (χ0n) is 20.7. The van der Waals surface area contributed by atoms with Crippen LogP contribution in [0.25, 0.3) is 17.1 Å². The van der Waals surface area contributed by atoms with E-state index in [1.807, 2.05) is 6.07 Å². The average molecular weight is 559 g/mol. The van der Waals surface area contributed by atoms with Crippen LogP contribution < -0.4 is 20.6 Å². The zero-order chi connectivity index (χ0) is 28.1. The van der Waals surface area contributed by atoms with Gasteiger partial charge in [0.1, 0.15) is 5.69 Å². The minimum Gasteiger partial charge on any atom is -0.493 e. The summed E-state index contributed by atoms with van der Waals surface area (Å²) in [6.07, 6.45) is 1.38. The summed E-state index contributed by atoms with van der Waals surface area (Å²) >= 11 is 5.87. The van der Waals surface area contributed by atoms with Gasteiger partial charge >= 0.3 is 5.97 Å². The van der Waals surface area contributed by atoms with Gasteiger partial charge in [0.15, 0.2) is 17.2 Å². The van der Waals surface area contributed by atoms with Crippen molar-refractivity contribution in [1.82, 2.24) is 30.7 Å². The van der Waals surface area contributed by atoms with E-state index < -0.39 is 11.9 Å². The van der Waals surface area contributed by atoms with Crippen LogP contribution in [-0.2, 0) is 0 Å². The SMILES string of the molecule is COc1cc(/C=N/NC(=O)c2c(-c3ccccc3)nnn2-c2nonc2N)ccc1OC(=O)c1ccc(Cl)cc1. The molecule has 0 saturated heterocycles. The molecule has 2 aromatic heterocycles. The van der Waals surface area contributed by atoms with Gasteiger partial charge in [-0.1, -0.05) is 47.1 Å². The highest BCUT2D eigenvalue weighted by Gasteiger charge is 2.26. The molecule has 5 aromatic rings. The van der Waals surface area contributed by atoms with Crippen LogP contribution in [0.5, 0.6) is 11.5 Å². The summed E-state index contributed by atoms with van der Waals surface area (Å²) in [6, 6.07) is 20.0. The van der Waals surface area contributed by atoms with Gasteiger partial charge in [0, 0.05) is 10.6 Å². The minimum absolute atomic E-state index is 0.00252. The standard InChI is InChI=1S/C26H19ClN8O5/c1-38-20-13-15(7-12-19(20)39-26(37)17-8-10-18(27)11-9-17)14-29-31-25(36)22-21(16-5-3-2-4-6-16)30-34-35(22)24-23(28)32-40-33-24/h2-14H,1H3,(H2,28,32)(H,31,36)/b29-14+. The Morgan fingerprint density at radius 3 is 2.52 bits per heavy atom. The predicted octanol–water partition coefficient (Wildman–Crippen LogP) is 3.54. The Kier molecular flexibility index (Phi) is 7.46. The molecule has 3 N–H and O–H groups in total. The summed E-state index contributed by atoms with van der Waals surface area (Å²) in [5.74, 6) is -0.831. The number of aromatic nitrogens is 5. The number of carbonyl (C=O) groups excluding carboxylic acids is 2. The van der Waals surface area contributed by atoms with Crippen LogP contribution in [0.3, 0.4) is 0 Å². The Hall–Kier alpha value is -5.56. The third kappa shape index (κ3) is 5.49. The lowest BCUT2D eigenvalue weighted by molar-refractivity contribution is 0.0729. The Morgan fingerprint density at radius 1 is 1.05 bits per heavy atom. The number of rotatable bonds is 8. The van der Waals surface area contributed by atoms with Gasteiger partial charge in [0.2, 0.25) is 11.6 Å². The first-order valence-corrected chi connectivity index (χ1v) is 11.9. The summed E-state index contributed by atoms with van der Waals surface area (Å²) in [5, 5.41) is 19.9. The number of hydrazone groups is 1. The Morgan fingerprint density at radius 2 is 1.82 bits per heavy atom. The summed E-state index contributed by atoms with van der Waals surface area (Å²) in [5.41, 5.74) is 10.0. The van der Waals surface area contributed by atoms with Crippen LogP contribution in [0, 0.1) is 0 Å². The smallest absolute Gasteiger partial charge is 0.343 e. The van der Waals surface area contributed by atoms with Crippen LogP contribution >= 0.6 is 11.6 Å². The second kappa shape index (κ2) is 11.4. The van der Waals surface area contributed by atoms with E-state index in [-0.39, 0.29) is 34.5 Å². The van der Waals surface area contributed by atoms with Crippen LogP contribution in [0.15, 0.2) is 82.5 Å². The van der Waals surface area contributed by atoms with E-state index in [0.29, 0.717) is 21.7 Å². The molecule has 0 aliphatic heterocycles. The maximum absolute atomic E-state index is 13.2. The van der Waals surface area contributed by atoms with Gasteiger partial charge in [-0.15, -0.1) is 5.10 Å². The number of esters is 1. The lowest BCUT2D eigenvalue weighted by Crippen LogP contribution is -2.22. The summed E-state index contributed by atoms with van der Waals surface area (Å²) in [7, 11) is 1.43. The fraction of sp³-hybridized carbons (Fsp3) is 0.0385. The molecule has 0 bridgehead atoms. The summed E-state index contributed by atoms with van der Waals surface area (Å²) < 4.78 is 16.6. The van der Waals surface area contributed by atoms with Gasteiger partial charge in [0.05, 0.1) is 18.9 Å². The highest BCUT2D eigenvalue weighted by molar-refractivity contribution is 6.30. The van der Waals surface area contributed by atoms with Crippen molar-refractivity contribution in [2.75, 3.05) is 12.8 Å². The molecule has 0 saturated carbocycles. The number of halogens is 1. The Labute approximate surface area is 231 Å². The molecule has 0 aliphatic rings. The number of anilines is 1. The number of nitrogen functional groups attached to an aromatic ring is 1. The molecule has 0 unspecified atom stereocenters. The topological polar surface area (TPSA) is 173 Å². The van der Waals surface area contributed by atoms with Crippen LogP contribution in [0.4, 0.5) is 5.82 Å². The third-order valence-electron chi connectivity index (χ3n) is 5.48. The van der Waals surface area contributed by atoms with E-state index >= 15 is 0 Å². The maximum Gasteiger partial charge on any atom is 0.343 e. The maximum atomic E-state index is 13.2. The lowest BCUT2D eigenvalue weighted by atomic mass is 10.1. The van der Waals surface area contributed by atoms with Crippen molar-refractivity contribution in [3.63, 3.8) is 0 Å². The van der Waals surface area contributed by atoms with Gasteiger partial charge in [-0.3, -0.25) is 4.79 Å². The molecule has 0 spiro atoms. The highest BCUT2D eigenvalue weighted by Crippen LogP contribution is 2.29. The molecule has 5 rings (SSSR count). The fourth-order valence-electron chi connectivity index (χ4n) is 3.57. The average Bonchev–Trinajstić information content (AvgIpc) is 3.60. The van der Waals surface area contributed by atoms with Gasteiger partial charge in [-0.05, 0) is 58.3 Å². The monoisotopic (exact) mass is 558 g/mol. The van der Waals surface area contributed by atoms with Crippen molar-refractivity contribution >= 4 is 35.5 Å². The van der Waals surface area contributed by atoms with Gasteiger partial charge in [-0.2, -0.15) is 9.78 Å². The van der Waals surface area contributed by atoms with E-state index in [0.717, 1.165) is 4.68 Å². The highest BCUT2D eigenvalue weighted by atomic mass is 35.5. The Bertz CT molecular complexity index is 1700.